The number of para-hydroxylation sites is 1. The van der Waals surface area contributed by atoms with Gasteiger partial charge in [0.15, 0.2) is 0 Å². The fourth-order valence-corrected chi connectivity index (χ4v) is 1.42. The van der Waals surface area contributed by atoms with Crippen LogP contribution < -0.4 is 10.1 Å². The normalized spacial score (nSPS) is 11.1. The topological polar surface area (TPSA) is 64.4 Å². The molecule has 100 valence electrons. The van der Waals surface area contributed by atoms with E-state index in [1.165, 1.54) is 0 Å². The van der Waals surface area contributed by atoms with Gasteiger partial charge in [0, 0.05) is 17.2 Å². The molecule has 0 aliphatic rings. The van der Waals surface area contributed by atoms with Gasteiger partial charge in [0.25, 0.3) is 0 Å². The molecule has 0 atom stereocenters. The average Bonchev–Trinajstić information content (AvgIpc) is 2.78. The SMILES string of the molecule is CC(C)(C)c1cc(OC(=O)Nc2ccccc2)on1. The minimum atomic E-state index is -0.609. The molecular formula is C14H16N2O3. The first kappa shape index (κ1) is 13.1. The minimum absolute atomic E-state index is 0.0818. The van der Waals surface area contributed by atoms with E-state index in [4.69, 9.17) is 9.26 Å². The molecule has 0 aliphatic carbocycles. The molecule has 2 aromatic rings. The van der Waals surface area contributed by atoms with E-state index >= 15 is 0 Å². The molecular weight excluding hydrogens is 244 g/mol. The second-order valence-corrected chi connectivity index (χ2v) is 5.16. The van der Waals surface area contributed by atoms with Gasteiger partial charge in [-0.2, -0.15) is 0 Å². The second-order valence-electron chi connectivity index (χ2n) is 5.16. The third-order valence-electron chi connectivity index (χ3n) is 2.47. The summed E-state index contributed by atoms with van der Waals surface area (Å²) in [7, 11) is 0. The summed E-state index contributed by atoms with van der Waals surface area (Å²) in [5.74, 6) is 0.0818. The molecule has 0 saturated heterocycles. The van der Waals surface area contributed by atoms with Crippen LogP contribution in [0.4, 0.5) is 10.5 Å². The predicted octanol–water partition coefficient (Wildman–Crippen LogP) is 3.58. The van der Waals surface area contributed by atoms with Gasteiger partial charge in [-0.15, -0.1) is 0 Å². The van der Waals surface area contributed by atoms with Crippen molar-refractivity contribution in [3.05, 3.63) is 42.1 Å². The Morgan fingerprint density at radius 3 is 2.53 bits per heavy atom. The summed E-state index contributed by atoms with van der Waals surface area (Å²) in [6, 6.07) is 10.7. The van der Waals surface area contributed by atoms with Gasteiger partial charge in [-0.25, -0.2) is 4.79 Å². The van der Waals surface area contributed by atoms with Gasteiger partial charge >= 0.3 is 12.0 Å². The van der Waals surface area contributed by atoms with E-state index in [-0.39, 0.29) is 11.4 Å². The molecule has 1 aromatic heterocycles. The van der Waals surface area contributed by atoms with Crippen LogP contribution in [0.3, 0.4) is 0 Å². The Balaban J connectivity index is 1.98. The van der Waals surface area contributed by atoms with Gasteiger partial charge in [0.05, 0.1) is 5.69 Å². The summed E-state index contributed by atoms with van der Waals surface area (Å²) < 4.78 is 9.98. The number of rotatable bonds is 2. The highest BCUT2D eigenvalue weighted by atomic mass is 16.7. The predicted molar refractivity (Wildman–Crippen MR) is 71.3 cm³/mol. The smallest absolute Gasteiger partial charge is 0.374 e. The van der Waals surface area contributed by atoms with E-state index in [0.717, 1.165) is 5.69 Å². The van der Waals surface area contributed by atoms with Gasteiger partial charge in [-0.3, -0.25) is 5.32 Å². The molecule has 0 spiro atoms. The van der Waals surface area contributed by atoms with Crippen molar-refractivity contribution < 1.29 is 14.1 Å². The summed E-state index contributed by atoms with van der Waals surface area (Å²) in [6.07, 6.45) is -0.609. The first-order valence-corrected chi connectivity index (χ1v) is 5.96. The Hall–Kier alpha value is -2.30. The number of ether oxygens (including phenoxy) is 1. The fraction of sp³-hybridized carbons (Fsp3) is 0.286. The molecule has 0 saturated carbocycles. The monoisotopic (exact) mass is 260 g/mol. The van der Waals surface area contributed by atoms with Crippen molar-refractivity contribution in [2.24, 2.45) is 0 Å². The zero-order valence-electron chi connectivity index (χ0n) is 11.1. The molecule has 0 radical (unpaired) electrons. The van der Waals surface area contributed by atoms with Crippen LogP contribution in [0.15, 0.2) is 40.9 Å². The molecule has 0 fully saturated rings. The van der Waals surface area contributed by atoms with Gasteiger partial charge in [-0.05, 0) is 12.1 Å². The van der Waals surface area contributed by atoms with Crippen LogP contribution in [-0.2, 0) is 5.41 Å². The molecule has 1 amide bonds. The third kappa shape index (κ3) is 3.58. The number of anilines is 1. The number of carbonyl (C=O) groups is 1. The third-order valence-corrected chi connectivity index (χ3v) is 2.47. The van der Waals surface area contributed by atoms with Crippen molar-refractivity contribution in [2.45, 2.75) is 26.2 Å². The molecule has 2 rings (SSSR count). The van der Waals surface area contributed by atoms with Crippen molar-refractivity contribution in [3.8, 4) is 5.95 Å². The first-order valence-electron chi connectivity index (χ1n) is 5.96. The number of hydrogen-bond donors (Lipinski definition) is 1. The zero-order valence-corrected chi connectivity index (χ0v) is 11.1. The molecule has 5 heteroatoms. The maximum absolute atomic E-state index is 11.6. The molecule has 0 unspecified atom stereocenters. The van der Waals surface area contributed by atoms with E-state index in [9.17, 15) is 4.79 Å². The lowest BCUT2D eigenvalue weighted by Gasteiger charge is -2.12. The van der Waals surface area contributed by atoms with Crippen LogP contribution in [0.5, 0.6) is 5.95 Å². The average molecular weight is 260 g/mol. The molecule has 19 heavy (non-hydrogen) atoms. The molecule has 5 nitrogen and oxygen atoms in total. The van der Waals surface area contributed by atoms with Crippen molar-refractivity contribution in [1.29, 1.82) is 0 Å². The Kier molecular flexibility index (Phi) is 3.55. The summed E-state index contributed by atoms with van der Waals surface area (Å²) in [4.78, 5) is 11.6. The van der Waals surface area contributed by atoms with Crippen LogP contribution in [0.2, 0.25) is 0 Å². The summed E-state index contributed by atoms with van der Waals surface area (Å²) in [6.45, 7) is 6.00. The lowest BCUT2D eigenvalue weighted by Crippen LogP contribution is -2.16. The van der Waals surface area contributed by atoms with Crippen molar-refractivity contribution in [1.82, 2.24) is 5.16 Å². The van der Waals surface area contributed by atoms with Crippen molar-refractivity contribution in [2.75, 3.05) is 5.32 Å². The van der Waals surface area contributed by atoms with Gasteiger partial charge in [0.2, 0.25) is 0 Å². The highest BCUT2D eigenvalue weighted by molar-refractivity contribution is 5.85. The number of benzene rings is 1. The number of carbonyl (C=O) groups excluding carboxylic acids is 1. The van der Waals surface area contributed by atoms with Crippen molar-refractivity contribution in [3.63, 3.8) is 0 Å². The lowest BCUT2D eigenvalue weighted by molar-refractivity contribution is 0.194. The first-order chi connectivity index (χ1) is 8.95. The van der Waals surface area contributed by atoms with Crippen LogP contribution in [0, 0.1) is 0 Å². The Morgan fingerprint density at radius 1 is 1.26 bits per heavy atom. The number of aromatic nitrogens is 1. The van der Waals surface area contributed by atoms with E-state index < -0.39 is 6.09 Å². The highest BCUT2D eigenvalue weighted by Crippen LogP contribution is 2.24. The molecule has 0 aliphatic heterocycles. The Bertz CT molecular complexity index is 556. The van der Waals surface area contributed by atoms with Gasteiger partial charge in [-0.1, -0.05) is 44.1 Å². The number of amides is 1. The second kappa shape index (κ2) is 5.14. The maximum atomic E-state index is 11.6. The summed E-state index contributed by atoms with van der Waals surface area (Å²) >= 11 is 0. The minimum Gasteiger partial charge on any atom is -0.374 e. The number of nitrogens with zero attached hydrogens (tertiary/aromatic N) is 1. The van der Waals surface area contributed by atoms with Gasteiger partial charge < -0.3 is 9.26 Å². The van der Waals surface area contributed by atoms with Crippen molar-refractivity contribution >= 4 is 11.8 Å². The highest BCUT2D eigenvalue weighted by Gasteiger charge is 2.20. The Labute approximate surface area is 111 Å². The van der Waals surface area contributed by atoms with E-state index in [2.05, 4.69) is 10.5 Å². The van der Waals surface area contributed by atoms with E-state index in [0.29, 0.717) is 5.69 Å². The van der Waals surface area contributed by atoms with Crippen LogP contribution in [-0.4, -0.2) is 11.2 Å². The standard InChI is InChI=1S/C14H16N2O3/c1-14(2,3)11-9-12(19-16-11)18-13(17)15-10-7-5-4-6-8-10/h4-9H,1-3H3,(H,15,17). The van der Waals surface area contributed by atoms with Crippen LogP contribution >= 0.6 is 0 Å². The van der Waals surface area contributed by atoms with E-state index in [1.54, 1.807) is 18.2 Å². The largest absolute Gasteiger partial charge is 0.419 e. The molecule has 1 N–H and O–H groups in total. The Morgan fingerprint density at radius 2 is 1.95 bits per heavy atom. The zero-order chi connectivity index (χ0) is 13.9. The molecule has 1 aromatic carbocycles. The van der Waals surface area contributed by atoms with E-state index in [1.807, 2.05) is 39.0 Å². The summed E-state index contributed by atoms with van der Waals surface area (Å²) in [5.41, 5.74) is 1.24. The fourth-order valence-electron chi connectivity index (χ4n) is 1.42. The quantitative estimate of drug-likeness (QED) is 0.896. The molecule has 1 heterocycles. The van der Waals surface area contributed by atoms with Gasteiger partial charge in [0.1, 0.15) is 0 Å². The summed E-state index contributed by atoms with van der Waals surface area (Å²) in [5, 5.41) is 6.46. The lowest BCUT2D eigenvalue weighted by atomic mass is 9.93. The number of nitrogens with one attached hydrogen (secondary N) is 1. The maximum Gasteiger partial charge on any atom is 0.419 e. The molecule has 0 bridgehead atoms. The van der Waals surface area contributed by atoms with Crippen LogP contribution in [0.25, 0.3) is 0 Å². The van der Waals surface area contributed by atoms with Crippen LogP contribution in [0.1, 0.15) is 26.5 Å². The number of hydrogen-bond acceptors (Lipinski definition) is 4.